The third kappa shape index (κ3) is 1.51. The molecule has 0 radical (unpaired) electrons. The van der Waals surface area contributed by atoms with Gasteiger partial charge < -0.3 is 0 Å². The number of hydrogen-bond donors (Lipinski definition) is 1. The van der Waals surface area contributed by atoms with Crippen LogP contribution in [-0.2, 0) is 0 Å². The SMILES string of the molecule is FC1=CCCC(S)C1. The summed E-state index contributed by atoms with van der Waals surface area (Å²) in [5, 5.41) is 0.264. The van der Waals surface area contributed by atoms with E-state index in [1.54, 1.807) is 6.08 Å². The highest BCUT2D eigenvalue weighted by molar-refractivity contribution is 7.80. The van der Waals surface area contributed by atoms with Crippen LogP contribution in [0.25, 0.3) is 0 Å². The van der Waals surface area contributed by atoms with E-state index in [0.29, 0.717) is 6.42 Å². The lowest BCUT2D eigenvalue weighted by Gasteiger charge is -2.11. The van der Waals surface area contributed by atoms with Crippen LogP contribution in [0.4, 0.5) is 4.39 Å². The van der Waals surface area contributed by atoms with Crippen LogP contribution in [0.1, 0.15) is 19.3 Å². The molecule has 8 heavy (non-hydrogen) atoms. The van der Waals surface area contributed by atoms with Crippen LogP contribution in [0.2, 0.25) is 0 Å². The van der Waals surface area contributed by atoms with Crippen LogP contribution < -0.4 is 0 Å². The van der Waals surface area contributed by atoms with Gasteiger partial charge in [0.25, 0.3) is 0 Å². The highest BCUT2D eigenvalue weighted by Crippen LogP contribution is 2.22. The normalized spacial score (nSPS) is 29.8. The van der Waals surface area contributed by atoms with Gasteiger partial charge in [0, 0.05) is 11.7 Å². The van der Waals surface area contributed by atoms with E-state index in [-0.39, 0.29) is 11.1 Å². The third-order valence-corrected chi connectivity index (χ3v) is 1.74. The highest BCUT2D eigenvalue weighted by Gasteiger charge is 2.09. The van der Waals surface area contributed by atoms with Crippen molar-refractivity contribution in [1.82, 2.24) is 0 Å². The second-order valence-electron chi connectivity index (χ2n) is 2.09. The smallest absolute Gasteiger partial charge is 0.0970 e. The maximum atomic E-state index is 12.2. The van der Waals surface area contributed by atoms with Crippen molar-refractivity contribution in [3.63, 3.8) is 0 Å². The molecule has 0 aromatic carbocycles. The quantitative estimate of drug-likeness (QED) is 0.480. The molecule has 1 rings (SSSR count). The third-order valence-electron chi connectivity index (χ3n) is 1.30. The molecule has 0 spiro atoms. The van der Waals surface area contributed by atoms with Crippen LogP contribution in [0.3, 0.4) is 0 Å². The molecule has 1 aliphatic carbocycles. The molecule has 0 amide bonds. The molecule has 0 aromatic heterocycles. The zero-order valence-corrected chi connectivity index (χ0v) is 5.50. The summed E-state index contributed by atoms with van der Waals surface area (Å²) < 4.78 is 12.2. The Kier molecular flexibility index (Phi) is 1.95. The molecule has 1 aliphatic rings. The monoisotopic (exact) mass is 132 g/mol. The van der Waals surface area contributed by atoms with Crippen molar-refractivity contribution < 1.29 is 4.39 Å². The number of thiol groups is 1. The van der Waals surface area contributed by atoms with Crippen molar-refractivity contribution in [3.05, 3.63) is 11.9 Å². The molecule has 0 N–H and O–H groups in total. The molecule has 46 valence electrons. The zero-order chi connectivity index (χ0) is 5.98. The molecule has 0 fully saturated rings. The van der Waals surface area contributed by atoms with Gasteiger partial charge in [0.05, 0.1) is 5.83 Å². The minimum Gasteiger partial charge on any atom is -0.212 e. The first kappa shape index (κ1) is 6.14. The predicted molar refractivity (Wildman–Crippen MR) is 35.8 cm³/mol. The van der Waals surface area contributed by atoms with Crippen molar-refractivity contribution >= 4 is 12.6 Å². The Morgan fingerprint density at radius 2 is 2.50 bits per heavy atom. The van der Waals surface area contributed by atoms with Gasteiger partial charge in [-0.3, -0.25) is 0 Å². The first-order valence-corrected chi connectivity index (χ1v) is 3.33. The summed E-state index contributed by atoms with van der Waals surface area (Å²) >= 11 is 4.14. The van der Waals surface area contributed by atoms with Gasteiger partial charge in [-0.1, -0.05) is 6.08 Å². The maximum Gasteiger partial charge on any atom is 0.0970 e. The summed E-state index contributed by atoms with van der Waals surface area (Å²) in [5.74, 6) is 0.0104. The molecule has 0 saturated carbocycles. The number of hydrogen-bond acceptors (Lipinski definition) is 1. The van der Waals surface area contributed by atoms with E-state index in [0.717, 1.165) is 12.8 Å². The van der Waals surface area contributed by atoms with Crippen LogP contribution >= 0.6 is 12.6 Å². The van der Waals surface area contributed by atoms with E-state index < -0.39 is 0 Å². The van der Waals surface area contributed by atoms with E-state index in [4.69, 9.17) is 0 Å². The van der Waals surface area contributed by atoms with Crippen LogP contribution in [0.15, 0.2) is 11.9 Å². The second kappa shape index (κ2) is 2.53. The molecular formula is C6H9FS. The summed E-state index contributed by atoms with van der Waals surface area (Å²) in [6.45, 7) is 0. The van der Waals surface area contributed by atoms with Gasteiger partial charge >= 0.3 is 0 Å². The predicted octanol–water partition coefficient (Wildman–Crippen LogP) is 2.32. The average Bonchev–Trinajstić information content (AvgIpc) is 1.64. The number of allylic oxidation sites excluding steroid dienone is 2. The standard InChI is InChI=1S/C6H9FS/c7-5-2-1-3-6(8)4-5/h2,6,8H,1,3-4H2. The Morgan fingerprint density at radius 1 is 1.75 bits per heavy atom. The number of halogens is 1. The lowest BCUT2D eigenvalue weighted by Crippen LogP contribution is -2.02. The molecular weight excluding hydrogens is 123 g/mol. The van der Waals surface area contributed by atoms with Gasteiger partial charge in [-0.2, -0.15) is 12.6 Å². The molecule has 0 heterocycles. The minimum atomic E-state index is 0.0104. The summed E-state index contributed by atoms with van der Waals surface area (Å²) in [6.07, 6.45) is 4.06. The Labute approximate surface area is 54.2 Å². The van der Waals surface area contributed by atoms with Crippen LogP contribution in [-0.4, -0.2) is 5.25 Å². The number of rotatable bonds is 0. The zero-order valence-electron chi connectivity index (χ0n) is 4.60. The summed E-state index contributed by atoms with van der Waals surface area (Å²) in [5.41, 5.74) is 0. The molecule has 0 aliphatic heterocycles. The average molecular weight is 132 g/mol. The van der Waals surface area contributed by atoms with E-state index in [1.807, 2.05) is 0 Å². The molecule has 2 heteroatoms. The Balaban J connectivity index is 2.45. The Morgan fingerprint density at radius 3 is 2.88 bits per heavy atom. The summed E-state index contributed by atoms with van der Waals surface area (Å²) in [6, 6.07) is 0. The second-order valence-corrected chi connectivity index (χ2v) is 2.82. The first-order chi connectivity index (χ1) is 3.79. The van der Waals surface area contributed by atoms with Gasteiger partial charge in [-0.05, 0) is 12.8 Å². The highest BCUT2D eigenvalue weighted by atomic mass is 32.1. The largest absolute Gasteiger partial charge is 0.212 e. The maximum absolute atomic E-state index is 12.2. The molecule has 1 unspecified atom stereocenters. The molecule has 1 atom stereocenters. The van der Waals surface area contributed by atoms with E-state index >= 15 is 0 Å². The van der Waals surface area contributed by atoms with E-state index in [2.05, 4.69) is 12.6 Å². The molecule has 0 saturated heterocycles. The molecule has 0 nitrogen and oxygen atoms in total. The lowest BCUT2D eigenvalue weighted by atomic mass is 10.1. The fourth-order valence-corrected chi connectivity index (χ4v) is 1.17. The molecule has 0 bridgehead atoms. The van der Waals surface area contributed by atoms with Crippen molar-refractivity contribution in [1.29, 1.82) is 0 Å². The van der Waals surface area contributed by atoms with Crippen molar-refractivity contribution in [3.8, 4) is 0 Å². The van der Waals surface area contributed by atoms with Crippen LogP contribution in [0, 0.1) is 0 Å². The first-order valence-electron chi connectivity index (χ1n) is 2.81. The van der Waals surface area contributed by atoms with Gasteiger partial charge in [-0.25, -0.2) is 4.39 Å². The molecule has 0 aromatic rings. The minimum absolute atomic E-state index is 0.0104. The fraction of sp³-hybridized carbons (Fsp3) is 0.667. The fourth-order valence-electron chi connectivity index (χ4n) is 0.843. The van der Waals surface area contributed by atoms with Crippen molar-refractivity contribution in [2.24, 2.45) is 0 Å². The van der Waals surface area contributed by atoms with Gasteiger partial charge in [0.15, 0.2) is 0 Å². The van der Waals surface area contributed by atoms with Crippen molar-refractivity contribution in [2.75, 3.05) is 0 Å². The van der Waals surface area contributed by atoms with Gasteiger partial charge in [0.1, 0.15) is 0 Å². The van der Waals surface area contributed by atoms with E-state index in [9.17, 15) is 4.39 Å². The van der Waals surface area contributed by atoms with Crippen molar-refractivity contribution in [2.45, 2.75) is 24.5 Å². The Bertz CT molecular complexity index is 109. The summed E-state index contributed by atoms with van der Waals surface area (Å²) in [4.78, 5) is 0. The summed E-state index contributed by atoms with van der Waals surface area (Å²) in [7, 11) is 0. The topological polar surface area (TPSA) is 0 Å². The lowest BCUT2D eigenvalue weighted by molar-refractivity contribution is 0.542. The van der Waals surface area contributed by atoms with Crippen LogP contribution in [0.5, 0.6) is 0 Å². The Hall–Kier alpha value is 0.0200. The van der Waals surface area contributed by atoms with E-state index in [1.165, 1.54) is 0 Å². The van der Waals surface area contributed by atoms with Gasteiger partial charge in [0.2, 0.25) is 0 Å². The van der Waals surface area contributed by atoms with Gasteiger partial charge in [-0.15, -0.1) is 0 Å².